The number of thioether (sulfide) groups is 1. The van der Waals surface area contributed by atoms with Crippen LogP contribution < -0.4 is 5.32 Å². The number of benzene rings is 1. The van der Waals surface area contributed by atoms with Crippen molar-refractivity contribution in [1.29, 1.82) is 0 Å². The fourth-order valence-corrected chi connectivity index (χ4v) is 3.73. The lowest BCUT2D eigenvalue weighted by Gasteiger charge is -2.21. The molecule has 1 aromatic carbocycles. The van der Waals surface area contributed by atoms with E-state index < -0.39 is 0 Å². The Kier molecular flexibility index (Phi) is 5.24. The summed E-state index contributed by atoms with van der Waals surface area (Å²) in [6, 6.07) is 10.1. The zero-order valence-corrected chi connectivity index (χ0v) is 13.0. The Morgan fingerprint density at radius 2 is 1.76 bits per heavy atom. The van der Waals surface area contributed by atoms with Crippen LogP contribution in [-0.2, 0) is 5.75 Å². The average molecular weight is 299 g/mol. The van der Waals surface area contributed by atoms with E-state index in [2.05, 4.69) is 15.3 Å². The van der Waals surface area contributed by atoms with Crippen LogP contribution in [0.4, 0.5) is 0 Å². The number of aromatic nitrogens is 2. The van der Waals surface area contributed by atoms with Crippen molar-refractivity contribution >= 4 is 11.8 Å². The maximum atomic E-state index is 4.48. The second-order valence-electron chi connectivity index (χ2n) is 5.49. The van der Waals surface area contributed by atoms with Gasteiger partial charge in [-0.05, 0) is 43.2 Å². The van der Waals surface area contributed by atoms with Crippen LogP contribution in [-0.4, -0.2) is 28.8 Å². The number of piperidine rings is 1. The summed E-state index contributed by atoms with van der Waals surface area (Å²) >= 11 is 2.01. The molecule has 2 heterocycles. The first kappa shape index (κ1) is 14.5. The summed E-state index contributed by atoms with van der Waals surface area (Å²) in [5, 5.41) is 3.42. The zero-order valence-electron chi connectivity index (χ0n) is 12.2. The highest BCUT2D eigenvalue weighted by atomic mass is 32.2. The van der Waals surface area contributed by atoms with E-state index in [-0.39, 0.29) is 0 Å². The summed E-state index contributed by atoms with van der Waals surface area (Å²) in [6.45, 7) is 2.36. The summed E-state index contributed by atoms with van der Waals surface area (Å²) < 4.78 is 0. The number of nitrogens with one attached hydrogen (secondary N) is 1. The lowest BCUT2D eigenvalue weighted by Crippen LogP contribution is -2.28. The molecule has 3 rings (SSSR count). The van der Waals surface area contributed by atoms with Crippen molar-refractivity contribution in [1.82, 2.24) is 15.3 Å². The molecule has 1 aromatic heterocycles. The minimum atomic E-state index is 0.808. The standard InChI is InChI=1S/C17H21N3S/c1-2-4-16(5-3-1)17-19-10-15(11-20-17)13-21-12-14-6-8-18-9-7-14/h1-5,10-11,14,18H,6-9,12-13H2. The van der Waals surface area contributed by atoms with Crippen LogP contribution >= 0.6 is 11.8 Å². The average Bonchev–Trinajstić information content (AvgIpc) is 2.57. The van der Waals surface area contributed by atoms with Crippen LogP contribution in [0, 0.1) is 5.92 Å². The molecule has 1 N–H and O–H groups in total. The van der Waals surface area contributed by atoms with Crippen molar-refractivity contribution < 1.29 is 0 Å². The molecule has 0 atom stereocenters. The first-order valence-corrected chi connectivity index (χ1v) is 8.72. The maximum Gasteiger partial charge on any atom is 0.159 e. The molecule has 0 amide bonds. The normalized spacial score (nSPS) is 16.0. The predicted octanol–water partition coefficient (Wildman–Crippen LogP) is 3.38. The van der Waals surface area contributed by atoms with Crippen molar-refractivity contribution in [3.05, 3.63) is 48.3 Å². The highest BCUT2D eigenvalue weighted by Gasteiger charge is 2.12. The van der Waals surface area contributed by atoms with Crippen molar-refractivity contribution in [2.45, 2.75) is 18.6 Å². The minimum Gasteiger partial charge on any atom is -0.317 e. The van der Waals surface area contributed by atoms with Crippen molar-refractivity contribution in [3.63, 3.8) is 0 Å². The maximum absolute atomic E-state index is 4.48. The lowest BCUT2D eigenvalue weighted by atomic mass is 10.0. The molecule has 1 fully saturated rings. The number of hydrogen-bond donors (Lipinski definition) is 1. The fraction of sp³-hybridized carbons (Fsp3) is 0.412. The first-order chi connectivity index (χ1) is 10.4. The molecule has 0 aliphatic carbocycles. The van der Waals surface area contributed by atoms with Crippen molar-refractivity contribution in [2.75, 3.05) is 18.8 Å². The zero-order chi connectivity index (χ0) is 14.3. The Morgan fingerprint density at radius 3 is 2.48 bits per heavy atom. The Morgan fingerprint density at radius 1 is 1.05 bits per heavy atom. The van der Waals surface area contributed by atoms with Gasteiger partial charge in [0.2, 0.25) is 0 Å². The van der Waals surface area contributed by atoms with E-state index in [9.17, 15) is 0 Å². The lowest BCUT2D eigenvalue weighted by molar-refractivity contribution is 0.408. The van der Waals surface area contributed by atoms with Gasteiger partial charge in [0.05, 0.1) is 0 Å². The van der Waals surface area contributed by atoms with Gasteiger partial charge in [-0.2, -0.15) is 11.8 Å². The topological polar surface area (TPSA) is 37.8 Å². The first-order valence-electron chi connectivity index (χ1n) is 7.56. The van der Waals surface area contributed by atoms with E-state index in [1.165, 1.54) is 37.2 Å². The summed E-state index contributed by atoms with van der Waals surface area (Å²) in [5.74, 6) is 3.95. The third-order valence-electron chi connectivity index (χ3n) is 3.82. The van der Waals surface area contributed by atoms with Crippen LogP contribution in [0.3, 0.4) is 0 Å². The summed E-state index contributed by atoms with van der Waals surface area (Å²) in [7, 11) is 0. The van der Waals surface area contributed by atoms with E-state index in [4.69, 9.17) is 0 Å². The van der Waals surface area contributed by atoms with Gasteiger partial charge in [0, 0.05) is 23.7 Å². The van der Waals surface area contributed by atoms with Crippen LogP contribution in [0.15, 0.2) is 42.7 Å². The molecule has 0 spiro atoms. The van der Waals surface area contributed by atoms with Gasteiger partial charge in [0.15, 0.2) is 5.82 Å². The molecule has 0 saturated carbocycles. The summed E-state index contributed by atoms with van der Waals surface area (Å²) in [5.41, 5.74) is 2.29. The third-order valence-corrected chi connectivity index (χ3v) is 5.06. The van der Waals surface area contributed by atoms with Gasteiger partial charge in [0.25, 0.3) is 0 Å². The predicted molar refractivity (Wildman–Crippen MR) is 89.2 cm³/mol. The number of hydrogen-bond acceptors (Lipinski definition) is 4. The molecule has 1 aliphatic heterocycles. The summed E-state index contributed by atoms with van der Waals surface area (Å²) in [6.07, 6.45) is 6.56. The van der Waals surface area contributed by atoms with E-state index in [0.717, 1.165) is 23.1 Å². The van der Waals surface area contributed by atoms with E-state index >= 15 is 0 Å². The van der Waals surface area contributed by atoms with Gasteiger partial charge >= 0.3 is 0 Å². The molecule has 1 saturated heterocycles. The van der Waals surface area contributed by atoms with E-state index in [1.807, 2.05) is 54.5 Å². The highest BCUT2D eigenvalue weighted by molar-refractivity contribution is 7.98. The number of rotatable bonds is 5. The third kappa shape index (κ3) is 4.29. The van der Waals surface area contributed by atoms with Crippen LogP contribution in [0.5, 0.6) is 0 Å². The van der Waals surface area contributed by atoms with Gasteiger partial charge in [-0.25, -0.2) is 9.97 Å². The van der Waals surface area contributed by atoms with Crippen molar-refractivity contribution in [3.8, 4) is 11.4 Å². The van der Waals surface area contributed by atoms with Crippen LogP contribution in [0.1, 0.15) is 18.4 Å². The van der Waals surface area contributed by atoms with Crippen molar-refractivity contribution in [2.24, 2.45) is 5.92 Å². The largest absolute Gasteiger partial charge is 0.317 e. The molecule has 4 heteroatoms. The fourth-order valence-electron chi connectivity index (χ4n) is 2.56. The monoisotopic (exact) mass is 299 g/mol. The molecular formula is C17H21N3S. The molecule has 21 heavy (non-hydrogen) atoms. The molecule has 1 aliphatic rings. The Labute approximate surface area is 130 Å². The SMILES string of the molecule is c1ccc(-c2ncc(CSCC3CCNCC3)cn2)cc1. The minimum absolute atomic E-state index is 0.808. The molecule has 3 nitrogen and oxygen atoms in total. The van der Waals surface area contributed by atoms with Crippen LogP contribution in [0.2, 0.25) is 0 Å². The molecule has 0 unspecified atom stereocenters. The molecule has 0 radical (unpaired) electrons. The van der Waals surface area contributed by atoms with Gasteiger partial charge in [0.1, 0.15) is 0 Å². The van der Waals surface area contributed by atoms with Gasteiger partial charge in [-0.15, -0.1) is 0 Å². The quantitative estimate of drug-likeness (QED) is 0.918. The molecule has 2 aromatic rings. The molecule has 110 valence electrons. The van der Waals surface area contributed by atoms with E-state index in [1.54, 1.807) is 0 Å². The molecular weight excluding hydrogens is 278 g/mol. The molecule has 0 bridgehead atoms. The Hall–Kier alpha value is -1.39. The van der Waals surface area contributed by atoms with Gasteiger partial charge in [-0.1, -0.05) is 30.3 Å². The van der Waals surface area contributed by atoms with E-state index in [0.29, 0.717) is 0 Å². The summed E-state index contributed by atoms with van der Waals surface area (Å²) in [4.78, 5) is 8.96. The van der Waals surface area contributed by atoms with Gasteiger partial charge < -0.3 is 5.32 Å². The second-order valence-corrected chi connectivity index (χ2v) is 6.52. The van der Waals surface area contributed by atoms with Crippen LogP contribution in [0.25, 0.3) is 11.4 Å². The highest BCUT2D eigenvalue weighted by Crippen LogP contribution is 2.21. The Bertz CT molecular complexity index is 536. The number of nitrogens with zero attached hydrogens (tertiary/aromatic N) is 2. The second kappa shape index (κ2) is 7.57. The Balaban J connectivity index is 1.50. The van der Waals surface area contributed by atoms with Gasteiger partial charge in [-0.3, -0.25) is 0 Å². The smallest absolute Gasteiger partial charge is 0.159 e.